The number of halogens is 1. The van der Waals surface area contributed by atoms with E-state index in [1.165, 1.54) is 20.2 Å². The summed E-state index contributed by atoms with van der Waals surface area (Å²) in [5, 5.41) is 0. The zero-order chi connectivity index (χ0) is 11.7. The first-order valence-corrected chi connectivity index (χ1v) is 7.47. The van der Waals surface area contributed by atoms with Gasteiger partial charge in [0.2, 0.25) is 11.2 Å². The highest BCUT2D eigenvalue weighted by atomic mass is 127. The summed E-state index contributed by atoms with van der Waals surface area (Å²) in [6.45, 7) is 0. The number of hydrogen-bond acceptors (Lipinski definition) is 2. The molecule has 3 rings (SSSR count). The molecule has 0 aliphatic carbocycles. The molecular formula is C14H12INS2. The van der Waals surface area contributed by atoms with Gasteiger partial charge in [-0.25, -0.2) is 0 Å². The lowest BCUT2D eigenvalue weighted by Gasteiger charge is -1.95. The molecule has 18 heavy (non-hydrogen) atoms. The first-order valence-electron chi connectivity index (χ1n) is 5.43. The lowest BCUT2D eigenvalue weighted by Crippen LogP contribution is -3.00. The van der Waals surface area contributed by atoms with E-state index in [1.807, 2.05) is 11.3 Å². The van der Waals surface area contributed by atoms with Crippen molar-refractivity contribution in [1.29, 1.82) is 0 Å². The van der Waals surface area contributed by atoms with Crippen molar-refractivity contribution in [2.45, 2.75) is 4.34 Å². The van der Waals surface area contributed by atoms with Gasteiger partial charge in [0.05, 0.1) is 0 Å². The maximum atomic E-state index is 2.32. The summed E-state index contributed by atoms with van der Waals surface area (Å²) in [4.78, 5) is 0. The second kappa shape index (κ2) is 6.04. The fourth-order valence-electron chi connectivity index (χ4n) is 1.92. The number of nitrogens with zero attached hydrogens (tertiary/aromatic N) is 1. The van der Waals surface area contributed by atoms with Gasteiger partial charge in [-0.05, 0) is 24.1 Å². The number of aromatic nitrogens is 1. The van der Waals surface area contributed by atoms with Crippen molar-refractivity contribution >= 4 is 33.3 Å². The van der Waals surface area contributed by atoms with Crippen LogP contribution in [0.1, 0.15) is 0 Å². The number of rotatable bonds is 2. The van der Waals surface area contributed by atoms with Crippen LogP contribution < -0.4 is 28.5 Å². The fraction of sp³-hybridized carbons (Fsp3) is 0.0714. The topological polar surface area (TPSA) is 3.88 Å². The van der Waals surface area contributed by atoms with Crippen LogP contribution in [-0.2, 0) is 0 Å². The molecule has 0 aliphatic rings. The normalized spacial score (nSPS) is 10.3. The molecule has 1 nitrogen and oxygen atoms in total. The first-order chi connectivity index (χ1) is 8.40. The minimum Gasteiger partial charge on any atom is -1.00 e. The molecule has 0 saturated heterocycles. The molecule has 1 aromatic heterocycles. The molecule has 4 heteroatoms. The smallest absolute Gasteiger partial charge is 0.304 e. The van der Waals surface area contributed by atoms with Crippen LogP contribution >= 0.6 is 23.1 Å². The molecular weight excluding hydrogens is 373 g/mol. The summed E-state index contributed by atoms with van der Waals surface area (Å²) in [7, 11) is 0. The zero-order valence-electron chi connectivity index (χ0n) is 9.84. The molecule has 0 spiro atoms. The van der Waals surface area contributed by atoms with Crippen molar-refractivity contribution in [3.05, 3.63) is 54.6 Å². The fourth-order valence-corrected chi connectivity index (χ4v) is 3.80. The molecule has 0 amide bonds. The van der Waals surface area contributed by atoms with Gasteiger partial charge in [-0.15, -0.1) is 4.57 Å². The predicted octanol–water partition coefficient (Wildman–Crippen LogP) is 0.904. The third-order valence-corrected chi connectivity index (χ3v) is 4.88. The highest BCUT2D eigenvalue weighted by molar-refractivity contribution is 8.00. The monoisotopic (exact) mass is 385 g/mol. The Hall–Kier alpha value is -0.590. The van der Waals surface area contributed by atoms with E-state index in [4.69, 9.17) is 0 Å². The largest absolute Gasteiger partial charge is 1.00 e. The van der Waals surface area contributed by atoms with E-state index in [0.29, 0.717) is 0 Å². The maximum Gasteiger partial charge on any atom is 0.304 e. The Morgan fingerprint density at radius 2 is 1.61 bits per heavy atom. The summed E-state index contributed by atoms with van der Waals surface area (Å²) < 4.78 is 4.98. The van der Waals surface area contributed by atoms with Crippen molar-refractivity contribution in [3.8, 4) is 5.69 Å². The second-order valence-electron chi connectivity index (χ2n) is 3.71. The quantitative estimate of drug-likeness (QED) is 0.360. The molecule has 3 aromatic rings. The van der Waals surface area contributed by atoms with Gasteiger partial charge in [-0.3, -0.25) is 0 Å². The molecule has 0 unspecified atom stereocenters. The van der Waals surface area contributed by atoms with Crippen molar-refractivity contribution in [2.24, 2.45) is 0 Å². The second-order valence-corrected chi connectivity index (χ2v) is 5.79. The average molecular weight is 385 g/mol. The Labute approximate surface area is 132 Å². The molecule has 0 N–H and O–H groups in total. The van der Waals surface area contributed by atoms with Crippen LogP contribution in [0.5, 0.6) is 0 Å². The highest BCUT2D eigenvalue weighted by Crippen LogP contribution is 2.27. The first kappa shape index (κ1) is 13.8. The van der Waals surface area contributed by atoms with E-state index in [2.05, 4.69) is 65.4 Å². The SMILES string of the molecule is CSc1sc2ccccc2[n+]1-c1ccccc1.[I-]. The van der Waals surface area contributed by atoms with E-state index in [-0.39, 0.29) is 24.0 Å². The van der Waals surface area contributed by atoms with Crippen LogP contribution in [0.3, 0.4) is 0 Å². The van der Waals surface area contributed by atoms with Crippen LogP contribution in [0.4, 0.5) is 0 Å². The molecule has 2 aromatic carbocycles. The Kier molecular flexibility index (Phi) is 4.64. The molecule has 0 bridgehead atoms. The van der Waals surface area contributed by atoms with Crippen LogP contribution in [0.2, 0.25) is 0 Å². The number of hydrogen-bond donors (Lipinski definition) is 0. The van der Waals surface area contributed by atoms with Crippen LogP contribution in [0, 0.1) is 0 Å². The van der Waals surface area contributed by atoms with Gasteiger partial charge in [-0.1, -0.05) is 41.7 Å². The highest BCUT2D eigenvalue weighted by Gasteiger charge is 2.21. The Bertz CT molecular complexity index is 649. The van der Waals surface area contributed by atoms with Gasteiger partial charge in [0.1, 0.15) is 4.70 Å². The third kappa shape index (κ3) is 2.41. The summed E-state index contributed by atoms with van der Waals surface area (Å²) in [6.07, 6.45) is 2.13. The van der Waals surface area contributed by atoms with Gasteiger partial charge in [0.15, 0.2) is 0 Å². The summed E-state index contributed by atoms with van der Waals surface area (Å²) >= 11 is 3.64. The summed E-state index contributed by atoms with van der Waals surface area (Å²) in [5.74, 6) is 0. The van der Waals surface area contributed by atoms with Crippen LogP contribution in [0.15, 0.2) is 58.9 Å². The van der Waals surface area contributed by atoms with E-state index in [9.17, 15) is 0 Å². The third-order valence-electron chi connectivity index (χ3n) is 2.68. The molecule has 0 radical (unpaired) electrons. The Morgan fingerprint density at radius 3 is 2.33 bits per heavy atom. The Morgan fingerprint density at radius 1 is 0.944 bits per heavy atom. The molecule has 0 atom stereocenters. The van der Waals surface area contributed by atoms with Crippen LogP contribution in [0.25, 0.3) is 15.9 Å². The van der Waals surface area contributed by atoms with Gasteiger partial charge < -0.3 is 24.0 Å². The number of thioether (sulfide) groups is 1. The predicted molar refractivity (Wildman–Crippen MR) is 75.1 cm³/mol. The van der Waals surface area contributed by atoms with Gasteiger partial charge in [0.25, 0.3) is 0 Å². The maximum absolute atomic E-state index is 2.32. The van der Waals surface area contributed by atoms with E-state index >= 15 is 0 Å². The number of para-hydroxylation sites is 2. The minimum absolute atomic E-state index is 0. The van der Waals surface area contributed by atoms with Crippen molar-refractivity contribution in [1.82, 2.24) is 0 Å². The number of benzene rings is 2. The summed E-state index contributed by atoms with van der Waals surface area (Å²) in [5.41, 5.74) is 2.52. The molecule has 1 heterocycles. The molecule has 92 valence electrons. The average Bonchev–Trinajstić information content (AvgIpc) is 2.78. The van der Waals surface area contributed by atoms with E-state index in [0.717, 1.165) is 0 Å². The van der Waals surface area contributed by atoms with Crippen molar-refractivity contribution in [2.75, 3.05) is 6.26 Å². The van der Waals surface area contributed by atoms with Crippen LogP contribution in [-0.4, -0.2) is 6.26 Å². The zero-order valence-corrected chi connectivity index (χ0v) is 13.6. The standard InChI is InChI=1S/C14H12NS2.HI/c1-16-14-15(11-7-3-2-4-8-11)12-9-5-6-10-13(12)17-14;/h2-10H,1H3;1H/q+1;/p-1. The number of thiazole rings is 1. The van der Waals surface area contributed by atoms with Crippen molar-refractivity contribution < 1.29 is 28.5 Å². The molecule has 0 saturated carbocycles. The van der Waals surface area contributed by atoms with E-state index in [1.54, 1.807) is 11.8 Å². The Balaban J connectivity index is 0.00000120. The molecule has 0 aliphatic heterocycles. The van der Waals surface area contributed by atoms with Gasteiger partial charge in [-0.2, -0.15) is 0 Å². The number of fused-ring (bicyclic) bond motifs is 1. The van der Waals surface area contributed by atoms with E-state index < -0.39 is 0 Å². The lowest BCUT2D eigenvalue weighted by atomic mass is 10.3. The minimum atomic E-state index is 0. The molecule has 0 fully saturated rings. The van der Waals surface area contributed by atoms with Gasteiger partial charge in [0, 0.05) is 18.2 Å². The summed E-state index contributed by atoms with van der Waals surface area (Å²) in [6, 6.07) is 19.1. The lowest BCUT2D eigenvalue weighted by molar-refractivity contribution is -0.601. The van der Waals surface area contributed by atoms with Crippen molar-refractivity contribution in [3.63, 3.8) is 0 Å². The van der Waals surface area contributed by atoms with Gasteiger partial charge >= 0.3 is 4.34 Å².